The Hall–Kier alpha value is -2.43. The Kier molecular flexibility index (Phi) is 2.26. The maximum Gasteiger partial charge on any atom is 0.132 e. The number of hydrogen-bond acceptors (Lipinski definition) is 2. The van der Waals surface area contributed by atoms with Gasteiger partial charge in [0.2, 0.25) is 0 Å². The summed E-state index contributed by atoms with van der Waals surface area (Å²) in [5.74, 6) is -1.01. The van der Waals surface area contributed by atoms with Gasteiger partial charge in [-0.2, -0.15) is 5.10 Å². The summed E-state index contributed by atoms with van der Waals surface area (Å²) < 4.78 is 26.9. The van der Waals surface area contributed by atoms with Crippen LogP contribution < -0.4 is 5.73 Å². The highest BCUT2D eigenvalue weighted by atomic mass is 19.1. The van der Waals surface area contributed by atoms with Gasteiger partial charge < -0.3 is 5.73 Å². The molecule has 5 heteroatoms. The smallest absolute Gasteiger partial charge is 0.132 e. The Bertz CT molecular complexity index is 734. The lowest BCUT2D eigenvalue weighted by molar-refractivity contribution is 0.602. The van der Waals surface area contributed by atoms with Crippen molar-refractivity contribution >= 4 is 16.6 Å². The minimum Gasteiger partial charge on any atom is -0.399 e. The third kappa shape index (κ3) is 1.60. The van der Waals surface area contributed by atoms with E-state index in [9.17, 15) is 8.78 Å². The molecule has 1 heterocycles. The Balaban J connectivity index is 2.28. The quantitative estimate of drug-likeness (QED) is 0.647. The summed E-state index contributed by atoms with van der Waals surface area (Å²) in [7, 11) is 0. The van der Waals surface area contributed by atoms with Crippen molar-refractivity contribution in [3.05, 3.63) is 48.0 Å². The van der Waals surface area contributed by atoms with Crippen LogP contribution in [0.2, 0.25) is 0 Å². The largest absolute Gasteiger partial charge is 0.399 e. The van der Waals surface area contributed by atoms with Gasteiger partial charge in [0.15, 0.2) is 0 Å². The number of nitrogens with two attached hydrogens (primary N) is 1. The van der Waals surface area contributed by atoms with Crippen LogP contribution in [0.4, 0.5) is 14.5 Å². The van der Waals surface area contributed by atoms with Gasteiger partial charge in [-0.25, -0.2) is 8.78 Å². The number of nitrogens with zero attached hydrogens (tertiary/aromatic N) is 1. The predicted molar refractivity (Wildman–Crippen MR) is 65.9 cm³/mol. The van der Waals surface area contributed by atoms with Crippen molar-refractivity contribution in [3.63, 3.8) is 0 Å². The standard InChI is InChI=1S/C13H9F2N3/c14-7-1-4-11(15)10(5-7)13-9-3-2-8(16)6-12(9)17-18-13/h1-6H,16H2,(H,17,18). The van der Waals surface area contributed by atoms with E-state index in [1.807, 2.05) is 0 Å². The number of anilines is 1. The average Bonchev–Trinajstić information content (AvgIpc) is 2.75. The highest BCUT2D eigenvalue weighted by molar-refractivity contribution is 5.94. The molecule has 1 aromatic heterocycles. The van der Waals surface area contributed by atoms with Gasteiger partial charge >= 0.3 is 0 Å². The van der Waals surface area contributed by atoms with Crippen molar-refractivity contribution in [1.29, 1.82) is 0 Å². The Morgan fingerprint density at radius 3 is 2.72 bits per heavy atom. The lowest BCUT2D eigenvalue weighted by Gasteiger charge is -2.00. The summed E-state index contributed by atoms with van der Waals surface area (Å²) in [6.45, 7) is 0. The van der Waals surface area contributed by atoms with Crippen molar-refractivity contribution in [3.8, 4) is 11.3 Å². The van der Waals surface area contributed by atoms with Gasteiger partial charge in [-0.1, -0.05) is 0 Å². The molecule has 0 saturated heterocycles. The number of H-pyrrole nitrogens is 1. The molecule has 3 aromatic rings. The summed E-state index contributed by atoms with van der Waals surface area (Å²) in [6, 6.07) is 8.41. The summed E-state index contributed by atoms with van der Waals surface area (Å²) in [5.41, 5.74) is 7.42. The normalized spacial score (nSPS) is 11.0. The number of hydrogen-bond donors (Lipinski definition) is 2. The second kappa shape index (κ2) is 3.80. The number of aromatic amines is 1. The van der Waals surface area contributed by atoms with Gasteiger partial charge in [0.1, 0.15) is 17.3 Å². The van der Waals surface area contributed by atoms with E-state index in [-0.39, 0.29) is 5.56 Å². The molecule has 0 aliphatic rings. The number of benzene rings is 2. The molecule has 0 radical (unpaired) electrons. The molecule has 90 valence electrons. The monoisotopic (exact) mass is 245 g/mol. The van der Waals surface area contributed by atoms with E-state index in [2.05, 4.69) is 10.2 Å². The molecule has 0 saturated carbocycles. The number of halogens is 2. The van der Waals surface area contributed by atoms with E-state index >= 15 is 0 Å². The van der Waals surface area contributed by atoms with Gasteiger partial charge in [0.25, 0.3) is 0 Å². The van der Waals surface area contributed by atoms with Crippen LogP contribution in [0.1, 0.15) is 0 Å². The zero-order valence-electron chi connectivity index (χ0n) is 9.24. The summed E-state index contributed by atoms with van der Waals surface area (Å²) in [4.78, 5) is 0. The molecule has 2 aromatic carbocycles. The van der Waals surface area contributed by atoms with Gasteiger partial charge in [-0.05, 0) is 36.4 Å². The molecule has 0 aliphatic heterocycles. The van der Waals surface area contributed by atoms with E-state index in [4.69, 9.17) is 5.73 Å². The second-order valence-corrected chi connectivity index (χ2v) is 4.00. The minimum absolute atomic E-state index is 0.131. The molecule has 0 atom stereocenters. The third-order valence-electron chi connectivity index (χ3n) is 2.77. The predicted octanol–water partition coefficient (Wildman–Crippen LogP) is 3.09. The topological polar surface area (TPSA) is 54.7 Å². The Labute approximate surface area is 101 Å². The van der Waals surface area contributed by atoms with Crippen LogP contribution in [0.5, 0.6) is 0 Å². The number of aromatic nitrogens is 2. The van der Waals surface area contributed by atoms with Crippen LogP contribution in [0.15, 0.2) is 36.4 Å². The van der Waals surface area contributed by atoms with Crippen LogP contribution in [-0.2, 0) is 0 Å². The van der Waals surface area contributed by atoms with Crippen LogP contribution >= 0.6 is 0 Å². The molecule has 3 nitrogen and oxygen atoms in total. The fourth-order valence-corrected chi connectivity index (χ4v) is 1.92. The lowest BCUT2D eigenvalue weighted by atomic mass is 10.1. The highest BCUT2D eigenvalue weighted by Crippen LogP contribution is 2.29. The van der Waals surface area contributed by atoms with Crippen molar-refractivity contribution in [2.24, 2.45) is 0 Å². The first kappa shape index (κ1) is 10.7. The van der Waals surface area contributed by atoms with Crippen LogP contribution in [0.25, 0.3) is 22.2 Å². The number of rotatable bonds is 1. The third-order valence-corrected chi connectivity index (χ3v) is 2.77. The van der Waals surface area contributed by atoms with E-state index in [1.165, 1.54) is 0 Å². The second-order valence-electron chi connectivity index (χ2n) is 4.00. The van der Waals surface area contributed by atoms with E-state index < -0.39 is 11.6 Å². The van der Waals surface area contributed by atoms with Gasteiger partial charge in [-0.15, -0.1) is 0 Å². The SMILES string of the molecule is Nc1ccc2c(-c3cc(F)ccc3F)n[nH]c2c1. The number of nitrogens with one attached hydrogen (secondary N) is 1. The molecule has 0 amide bonds. The zero-order valence-corrected chi connectivity index (χ0v) is 9.24. The zero-order chi connectivity index (χ0) is 12.7. The molecular weight excluding hydrogens is 236 g/mol. The van der Waals surface area contributed by atoms with Gasteiger partial charge in [-0.3, -0.25) is 5.10 Å². The molecule has 0 aliphatic carbocycles. The molecular formula is C13H9F2N3. The van der Waals surface area contributed by atoms with E-state index in [1.54, 1.807) is 18.2 Å². The van der Waals surface area contributed by atoms with Crippen molar-refractivity contribution in [2.75, 3.05) is 5.73 Å². The maximum atomic E-state index is 13.7. The lowest BCUT2D eigenvalue weighted by Crippen LogP contribution is -1.87. The molecule has 3 rings (SSSR count). The fourth-order valence-electron chi connectivity index (χ4n) is 1.92. The molecule has 0 fully saturated rings. The Morgan fingerprint density at radius 1 is 1.06 bits per heavy atom. The van der Waals surface area contributed by atoms with Gasteiger partial charge in [0.05, 0.1) is 5.52 Å². The first-order valence-electron chi connectivity index (χ1n) is 5.34. The molecule has 0 bridgehead atoms. The Morgan fingerprint density at radius 2 is 1.89 bits per heavy atom. The molecule has 18 heavy (non-hydrogen) atoms. The average molecular weight is 245 g/mol. The highest BCUT2D eigenvalue weighted by Gasteiger charge is 2.13. The van der Waals surface area contributed by atoms with Crippen molar-refractivity contribution < 1.29 is 8.78 Å². The first-order valence-corrected chi connectivity index (χ1v) is 5.34. The van der Waals surface area contributed by atoms with E-state index in [0.29, 0.717) is 22.3 Å². The maximum absolute atomic E-state index is 13.7. The first-order chi connectivity index (χ1) is 8.65. The van der Waals surface area contributed by atoms with Crippen LogP contribution in [0.3, 0.4) is 0 Å². The van der Waals surface area contributed by atoms with Crippen LogP contribution in [0, 0.1) is 11.6 Å². The van der Waals surface area contributed by atoms with Crippen molar-refractivity contribution in [1.82, 2.24) is 10.2 Å². The van der Waals surface area contributed by atoms with E-state index in [0.717, 1.165) is 18.2 Å². The fraction of sp³-hybridized carbons (Fsp3) is 0. The summed E-state index contributed by atoms with van der Waals surface area (Å²) in [6.07, 6.45) is 0. The summed E-state index contributed by atoms with van der Waals surface area (Å²) >= 11 is 0. The molecule has 0 unspecified atom stereocenters. The molecule has 3 N–H and O–H groups in total. The molecule has 0 spiro atoms. The number of fused-ring (bicyclic) bond motifs is 1. The van der Waals surface area contributed by atoms with Crippen LogP contribution in [-0.4, -0.2) is 10.2 Å². The van der Waals surface area contributed by atoms with Gasteiger partial charge in [0, 0.05) is 16.6 Å². The summed E-state index contributed by atoms with van der Waals surface area (Å²) in [5, 5.41) is 7.48. The minimum atomic E-state index is -0.512. The number of nitrogen functional groups attached to an aromatic ring is 1. The van der Waals surface area contributed by atoms with Crippen molar-refractivity contribution in [2.45, 2.75) is 0 Å².